The zero-order valence-corrected chi connectivity index (χ0v) is 13.2. The Hall–Kier alpha value is -1.71. The first-order chi connectivity index (χ1) is 9.40. The number of amides is 1. The zero-order chi connectivity index (χ0) is 15.3. The number of benzene rings is 1. The third kappa shape index (κ3) is 3.89. The maximum absolute atomic E-state index is 12.2. The van der Waals surface area contributed by atoms with Crippen molar-refractivity contribution in [3.8, 4) is 0 Å². The van der Waals surface area contributed by atoms with E-state index in [1.165, 1.54) is 0 Å². The largest absolute Gasteiger partial charge is 0.397 e. The Kier molecular flexibility index (Phi) is 5.86. The number of nitrogens with two attached hydrogens (primary N) is 1. The van der Waals surface area contributed by atoms with Crippen LogP contribution < -0.4 is 16.0 Å². The molecule has 0 aromatic heterocycles. The van der Waals surface area contributed by atoms with Gasteiger partial charge in [-0.15, -0.1) is 0 Å². The van der Waals surface area contributed by atoms with Gasteiger partial charge in [0, 0.05) is 25.7 Å². The molecule has 0 radical (unpaired) electrons. The lowest BCUT2D eigenvalue weighted by Gasteiger charge is -2.23. The summed E-state index contributed by atoms with van der Waals surface area (Å²) in [6.45, 7) is 6.37. The van der Waals surface area contributed by atoms with Gasteiger partial charge in [0.25, 0.3) is 5.91 Å². The van der Waals surface area contributed by atoms with Gasteiger partial charge in [-0.2, -0.15) is 0 Å². The fourth-order valence-electron chi connectivity index (χ4n) is 2.51. The SMILES string of the molecule is CCC(CC)C(C)NC(=O)c1ccc(N(C)C)c(N)c1. The second kappa shape index (κ2) is 7.17. The second-order valence-electron chi connectivity index (χ2n) is 5.51. The Morgan fingerprint density at radius 2 is 1.90 bits per heavy atom. The van der Waals surface area contributed by atoms with Crippen LogP contribution in [-0.4, -0.2) is 26.0 Å². The standard InChI is InChI=1S/C16H27N3O/c1-6-12(7-2)11(3)18-16(20)13-8-9-15(19(4)5)14(17)10-13/h8-12H,6-7,17H2,1-5H3,(H,18,20). The monoisotopic (exact) mass is 277 g/mol. The summed E-state index contributed by atoms with van der Waals surface area (Å²) < 4.78 is 0. The van der Waals surface area contributed by atoms with E-state index in [1.807, 2.05) is 31.1 Å². The summed E-state index contributed by atoms with van der Waals surface area (Å²) in [5, 5.41) is 3.07. The quantitative estimate of drug-likeness (QED) is 0.786. The number of anilines is 2. The number of carbonyl (C=O) groups is 1. The van der Waals surface area contributed by atoms with Crippen molar-refractivity contribution < 1.29 is 4.79 Å². The first kappa shape index (κ1) is 16.3. The lowest BCUT2D eigenvalue weighted by molar-refractivity contribution is 0.0925. The topological polar surface area (TPSA) is 58.4 Å². The van der Waals surface area contributed by atoms with Crippen LogP contribution in [0.1, 0.15) is 44.0 Å². The first-order valence-corrected chi connectivity index (χ1v) is 7.28. The molecular formula is C16H27N3O. The van der Waals surface area contributed by atoms with Crippen LogP contribution in [-0.2, 0) is 0 Å². The van der Waals surface area contributed by atoms with Crippen LogP contribution in [0.15, 0.2) is 18.2 Å². The van der Waals surface area contributed by atoms with Crippen molar-refractivity contribution in [3.05, 3.63) is 23.8 Å². The van der Waals surface area contributed by atoms with E-state index in [0.717, 1.165) is 18.5 Å². The number of nitrogens with one attached hydrogen (secondary N) is 1. The van der Waals surface area contributed by atoms with E-state index < -0.39 is 0 Å². The van der Waals surface area contributed by atoms with Crippen molar-refractivity contribution in [2.45, 2.75) is 39.7 Å². The Bertz CT molecular complexity index is 453. The minimum atomic E-state index is -0.0543. The minimum absolute atomic E-state index is 0.0543. The van der Waals surface area contributed by atoms with E-state index in [0.29, 0.717) is 17.2 Å². The Labute approximate surface area is 122 Å². The maximum atomic E-state index is 12.2. The normalized spacial score (nSPS) is 12.3. The van der Waals surface area contributed by atoms with Gasteiger partial charge >= 0.3 is 0 Å². The molecule has 1 atom stereocenters. The lowest BCUT2D eigenvalue weighted by atomic mass is 9.95. The number of rotatable bonds is 6. The molecule has 0 aliphatic carbocycles. The molecular weight excluding hydrogens is 250 g/mol. The second-order valence-corrected chi connectivity index (χ2v) is 5.51. The van der Waals surface area contributed by atoms with Crippen LogP contribution in [0, 0.1) is 5.92 Å². The third-order valence-electron chi connectivity index (χ3n) is 3.89. The number of carbonyl (C=O) groups excluding carboxylic acids is 1. The van der Waals surface area contributed by atoms with E-state index in [-0.39, 0.29) is 11.9 Å². The van der Waals surface area contributed by atoms with Crippen molar-refractivity contribution in [1.82, 2.24) is 5.32 Å². The molecule has 0 spiro atoms. The molecule has 3 N–H and O–H groups in total. The summed E-state index contributed by atoms with van der Waals surface area (Å²) in [4.78, 5) is 14.2. The predicted octanol–water partition coefficient (Wildman–Crippen LogP) is 2.89. The molecule has 0 saturated carbocycles. The summed E-state index contributed by atoms with van der Waals surface area (Å²) in [6.07, 6.45) is 2.14. The molecule has 0 saturated heterocycles. The third-order valence-corrected chi connectivity index (χ3v) is 3.89. The Morgan fingerprint density at radius 3 is 2.35 bits per heavy atom. The highest BCUT2D eigenvalue weighted by atomic mass is 16.1. The van der Waals surface area contributed by atoms with Gasteiger partial charge in [-0.3, -0.25) is 4.79 Å². The Morgan fingerprint density at radius 1 is 1.30 bits per heavy atom. The van der Waals surface area contributed by atoms with Crippen LogP contribution in [0.4, 0.5) is 11.4 Å². The van der Waals surface area contributed by atoms with E-state index in [1.54, 1.807) is 6.07 Å². The minimum Gasteiger partial charge on any atom is -0.397 e. The highest BCUT2D eigenvalue weighted by molar-refractivity contribution is 5.96. The molecule has 0 aliphatic heterocycles. The molecule has 1 unspecified atom stereocenters. The van der Waals surface area contributed by atoms with Gasteiger partial charge in [0.15, 0.2) is 0 Å². The highest BCUT2D eigenvalue weighted by Crippen LogP contribution is 2.22. The van der Waals surface area contributed by atoms with Crippen molar-refractivity contribution in [2.24, 2.45) is 5.92 Å². The molecule has 4 heteroatoms. The number of nitrogens with zero attached hydrogens (tertiary/aromatic N) is 1. The summed E-state index contributed by atoms with van der Waals surface area (Å²) in [5.74, 6) is 0.457. The highest BCUT2D eigenvalue weighted by Gasteiger charge is 2.17. The molecule has 1 rings (SSSR count). The first-order valence-electron chi connectivity index (χ1n) is 7.28. The van der Waals surface area contributed by atoms with E-state index in [4.69, 9.17) is 5.73 Å². The number of hydrogen-bond donors (Lipinski definition) is 2. The van der Waals surface area contributed by atoms with Gasteiger partial charge in [0.2, 0.25) is 0 Å². The fourth-order valence-corrected chi connectivity index (χ4v) is 2.51. The molecule has 0 heterocycles. The molecule has 112 valence electrons. The van der Waals surface area contributed by atoms with Gasteiger partial charge in [0.1, 0.15) is 0 Å². The van der Waals surface area contributed by atoms with Crippen molar-refractivity contribution >= 4 is 17.3 Å². The van der Waals surface area contributed by atoms with E-state index in [9.17, 15) is 4.79 Å². The molecule has 20 heavy (non-hydrogen) atoms. The number of nitrogen functional groups attached to an aromatic ring is 1. The van der Waals surface area contributed by atoms with Crippen molar-refractivity contribution in [2.75, 3.05) is 24.7 Å². The average Bonchev–Trinajstić information content (AvgIpc) is 2.39. The van der Waals surface area contributed by atoms with Gasteiger partial charge in [-0.25, -0.2) is 0 Å². The van der Waals surface area contributed by atoms with Gasteiger partial charge < -0.3 is 16.0 Å². The molecule has 0 bridgehead atoms. The molecule has 1 amide bonds. The molecule has 0 aliphatic rings. The van der Waals surface area contributed by atoms with Crippen LogP contribution in [0.25, 0.3) is 0 Å². The smallest absolute Gasteiger partial charge is 0.251 e. The Balaban J connectivity index is 2.80. The van der Waals surface area contributed by atoms with E-state index >= 15 is 0 Å². The molecule has 4 nitrogen and oxygen atoms in total. The summed E-state index contributed by atoms with van der Waals surface area (Å²) in [7, 11) is 3.86. The average molecular weight is 277 g/mol. The maximum Gasteiger partial charge on any atom is 0.251 e. The van der Waals surface area contributed by atoms with Crippen molar-refractivity contribution in [3.63, 3.8) is 0 Å². The summed E-state index contributed by atoms with van der Waals surface area (Å²) in [6, 6.07) is 5.61. The molecule has 0 fully saturated rings. The van der Waals surface area contributed by atoms with Crippen LogP contribution in [0.2, 0.25) is 0 Å². The van der Waals surface area contributed by atoms with Gasteiger partial charge in [-0.05, 0) is 31.0 Å². The molecule has 1 aromatic carbocycles. The van der Waals surface area contributed by atoms with Crippen molar-refractivity contribution in [1.29, 1.82) is 0 Å². The summed E-state index contributed by atoms with van der Waals surface area (Å²) >= 11 is 0. The number of hydrogen-bond acceptors (Lipinski definition) is 3. The van der Waals surface area contributed by atoms with Crippen LogP contribution in [0.5, 0.6) is 0 Å². The van der Waals surface area contributed by atoms with Crippen LogP contribution in [0.3, 0.4) is 0 Å². The van der Waals surface area contributed by atoms with E-state index in [2.05, 4.69) is 26.1 Å². The molecule has 1 aromatic rings. The zero-order valence-electron chi connectivity index (χ0n) is 13.2. The van der Waals surface area contributed by atoms with Gasteiger partial charge in [-0.1, -0.05) is 26.7 Å². The fraction of sp³-hybridized carbons (Fsp3) is 0.562. The predicted molar refractivity (Wildman–Crippen MR) is 86.2 cm³/mol. The summed E-state index contributed by atoms with van der Waals surface area (Å²) in [5.41, 5.74) is 8.15. The van der Waals surface area contributed by atoms with Gasteiger partial charge in [0.05, 0.1) is 11.4 Å². The van der Waals surface area contributed by atoms with Crippen LogP contribution >= 0.6 is 0 Å². The lowest BCUT2D eigenvalue weighted by Crippen LogP contribution is -2.37.